The van der Waals surface area contributed by atoms with Gasteiger partial charge in [0.05, 0.1) is 11.2 Å². The first-order chi connectivity index (χ1) is 7.75. The van der Waals surface area contributed by atoms with Crippen molar-refractivity contribution in [1.29, 1.82) is 0 Å². The summed E-state index contributed by atoms with van der Waals surface area (Å²) in [6, 6.07) is 9.05. The molecule has 2 nitrogen and oxygen atoms in total. The van der Waals surface area contributed by atoms with E-state index >= 15 is 0 Å². The Hall–Kier alpha value is -1.19. The van der Waals surface area contributed by atoms with Gasteiger partial charge < -0.3 is 5.32 Å². The molecule has 2 aromatic rings. The van der Waals surface area contributed by atoms with E-state index in [2.05, 4.69) is 53.8 Å². The third-order valence-electron chi connectivity index (χ3n) is 2.37. The third kappa shape index (κ3) is 2.90. The molecule has 1 heterocycles. The number of benzene rings is 1. The minimum Gasteiger partial charge on any atom is -0.310 e. The number of thiazole rings is 1. The lowest BCUT2D eigenvalue weighted by Crippen LogP contribution is -2.21. The molecule has 1 N–H and O–H groups in total. The zero-order valence-corrected chi connectivity index (χ0v) is 10.4. The SMILES string of the molecule is CC(C)NCc1cccc(-c2cscn2)c1. The summed E-state index contributed by atoms with van der Waals surface area (Å²) < 4.78 is 0. The maximum Gasteiger partial charge on any atom is 0.0811 e. The molecule has 0 saturated heterocycles. The zero-order chi connectivity index (χ0) is 11.4. The van der Waals surface area contributed by atoms with Gasteiger partial charge in [-0.25, -0.2) is 4.98 Å². The average Bonchev–Trinajstić information content (AvgIpc) is 2.80. The topological polar surface area (TPSA) is 24.9 Å². The maximum atomic E-state index is 4.32. The van der Waals surface area contributed by atoms with E-state index in [1.165, 1.54) is 11.1 Å². The number of hydrogen-bond donors (Lipinski definition) is 1. The molecule has 0 radical (unpaired) electrons. The second-order valence-corrected chi connectivity index (χ2v) is 4.83. The summed E-state index contributed by atoms with van der Waals surface area (Å²) in [6.07, 6.45) is 0. The van der Waals surface area contributed by atoms with Crippen molar-refractivity contribution in [3.05, 3.63) is 40.7 Å². The molecule has 84 valence electrons. The summed E-state index contributed by atoms with van der Waals surface area (Å²) in [4.78, 5) is 4.32. The Balaban J connectivity index is 2.14. The van der Waals surface area contributed by atoms with E-state index < -0.39 is 0 Å². The molecular weight excluding hydrogens is 216 g/mol. The molecule has 0 saturated carbocycles. The molecule has 0 spiro atoms. The number of nitrogens with zero attached hydrogens (tertiary/aromatic N) is 1. The van der Waals surface area contributed by atoms with Gasteiger partial charge in [-0.15, -0.1) is 11.3 Å². The lowest BCUT2D eigenvalue weighted by atomic mass is 10.1. The van der Waals surface area contributed by atoms with Crippen molar-refractivity contribution in [2.24, 2.45) is 0 Å². The Morgan fingerprint density at radius 1 is 1.38 bits per heavy atom. The van der Waals surface area contributed by atoms with E-state index in [0.29, 0.717) is 6.04 Å². The smallest absolute Gasteiger partial charge is 0.0811 e. The van der Waals surface area contributed by atoms with E-state index in [1.807, 2.05) is 5.51 Å². The van der Waals surface area contributed by atoms with Crippen molar-refractivity contribution in [2.75, 3.05) is 0 Å². The van der Waals surface area contributed by atoms with Gasteiger partial charge in [-0.1, -0.05) is 32.0 Å². The molecule has 0 aliphatic carbocycles. The molecule has 3 heteroatoms. The molecule has 0 aliphatic rings. The second-order valence-electron chi connectivity index (χ2n) is 4.11. The molecule has 0 atom stereocenters. The second kappa shape index (κ2) is 5.23. The summed E-state index contributed by atoms with van der Waals surface area (Å²) in [5.74, 6) is 0. The van der Waals surface area contributed by atoms with Gasteiger partial charge in [-0.2, -0.15) is 0 Å². The van der Waals surface area contributed by atoms with Gasteiger partial charge in [0.15, 0.2) is 0 Å². The molecule has 2 rings (SSSR count). The van der Waals surface area contributed by atoms with Gasteiger partial charge in [0.25, 0.3) is 0 Å². The van der Waals surface area contributed by atoms with Gasteiger partial charge >= 0.3 is 0 Å². The highest BCUT2D eigenvalue weighted by molar-refractivity contribution is 7.07. The van der Waals surface area contributed by atoms with Gasteiger partial charge in [0.1, 0.15) is 0 Å². The molecule has 0 unspecified atom stereocenters. The van der Waals surface area contributed by atoms with Crippen LogP contribution in [0.3, 0.4) is 0 Å². The molecular formula is C13H16N2S. The Morgan fingerprint density at radius 3 is 2.94 bits per heavy atom. The van der Waals surface area contributed by atoms with Crippen LogP contribution in [0.25, 0.3) is 11.3 Å². The van der Waals surface area contributed by atoms with Crippen molar-refractivity contribution >= 4 is 11.3 Å². The minimum absolute atomic E-state index is 0.517. The van der Waals surface area contributed by atoms with Gasteiger partial charge in [-0.3, -0.25) is 0 Å². The highest BCUT2D eigenvalue weighted by Crippen LogP contribution is 2.19. The average molecular weight is 232 g/mol. The summed E-state index contributed by atoms with van der Waals surface area (Å²) in [6.45, 7) is 5.23. The van der Waals surface area contributed by atoms with Crippen LogP contribution in [-0.2, 0) is 6.54 Å². The van der Waals surface area contributed by atoms with Crippen LogP contribution in [0.15, 0.2) is 35.2 Å². The molecule has 0 bridgehead atoms. The van der Waals surface area contributed by atoms with E-state index in [4.69, 9.17) is 0 Å². The Morgan fingerprint density at radius 2 is 2.25 bits per heavy atom. The van der Waals surface area contributed by atoms with Crippen LogP contribution in [-0.4, -0.2) is 11.0 Å². The fraction of sp³-hybridized carbons (Fsp3) is 0.308. The normalized spacial score (nSPS) is 10.9. The lowest BCUT2D eigenvalue weighted by Gasteiger charge is -2.08. The number of aromatic nitrogens is 1. The molecule has 1 aromatic carbocycles. The van der Waals surface area contributed by atoms with Crippen molar-refractivity contribution in [2.45, 2.75) is 26.4 Å². The van der Waals surface area contributed by atoms with Gasteiger partial charge in [0.2, 0.25) is 0 Å². The molecule has 0 fully saturated rings. The zero-order valence-electron chi connectivity index (χ0n) is 9.60. The van der Waals surface area contributed by atoms with Gasteiger partial charge in [-0.05, 0) is 11.6 Å². The van der Waals surface area contributed by atoms with Crippen LogP contribution in [0.1, 0.15) is 19.4 Å². The van der Waals surface area contributed by atoms with Crippen molar-refractivity contribution < 1.29 is 0 Å². The summed E-state index contributed by atoms with van der Waals surface area (Å²) >= 11 is 1.63. The van der Waals surface area contributed by atoms with E-state index in [-0.39, 0.29) is 0 Å². The highest BCUT2D eigenvalue weighted by Gasteiger charge is 2.01. The first-order valence-electron chi connectivity index (χ1n) is 5.46. The maximum absolute atomic E-state index is 4.32. The van der Waals surface area contributed by atoms with Crippen LogP contribution < -0.4 is 5.32 Å². The van der Waals surface area contributed by atoms with Crippen molar-refractivity contribution in [1.82, 2.24) is 10.3 Å². The number of nitrogens with one attached hydrogen (secondary N) is 1. The summed E-state index contributed by atoms with van der Waals surface area (Å²) in [5, 5.41) is 5.49. The summed E-state index contributed by atoms with van der Waals surface area (Å²) in [7, 11) is 0. The number of hydrogen-bond acceptors (Lipinski definition) is 3. The minimum atomic E-state index is 0.517. The fourth-order valence-corrected chi connectivity index (χ4v) is 2.08. The van der Waals surface area contributed by atoms with E-state index in [1.54, 1.807) is 11.3 Å². The number of rotatable bonds is 4. The molecule has 0 aliphatic heterocycles. The molecule has 1 aromatic heterocycles. The Labute approximate surface area is 100 Å². The third-order valence-corrected chi connectivity index (χ3v) is 2.96. The van der Waals surface area contributed by atoms with Crippen molar-refractivity contribution in [3.63, 3.8) is 0 Å². The van der Waals surface area contributed by atoms with E-state index in [9.17, 15) is 0 Å². The van der Waals surface area contributed by atoms with Crippen LogP contribution in [0.4, 0.5) is 0 Å². The largest absolute Gasteiger partial charge is 0.310 e. The first kappa shape index (κ1) is 11.3. The molecule has 16 heavy (non-hydrogen) atoms. The standard InChI is InChI=1S/C13H16N2S/c1-10(2)14-7-11-4-3-5-12(6-11)13-8-16-9-15-13/h3-6,8-10,14H,7H2,1-2H3. The predicted octanol–water partition coefficient (Wildman–Crippen LogP) is 3.31. The highest BCUT2D eigenvalue weighted by atomic mass is 32.1. The monoisotopic (exact) mass is 232 g/mol. The Bertz CT molecular complexity index is 435. The van der Waals surface area contributed by atoms with Crippen LogP contribution in [0, 0.1) is 0 Å². The van der Waals surface area contributed by atoms with Crippen LogP contribution in [0.5, 0.6) is 0 Å². The Kier molecular flexibility index (Phi) is 3.70. The van der Waals surface area contributed by atoms with Gasteiger partial charge in [0, 0.05) is 23.5 Å². The lowest BCUT2D eigenvalue weighted by molar-refractivity contribution is 0.589. The predicted molar refractivity (Wildman–Crippen MR) is 69.5 cm³/mol. The van der Waals surface area contributed by atoms with Crippen LogP contribution in [0.2, 0.25) is 0 Å². The quantitative estimate of drug-likeness (QED) is 0.874. The van der Waals surface area contributed by atoms with E-state index in [0.717, 1.165) is 12.2 Å². The first-order valence-corrected chi connectivity index (χ1v) is 6.41. The van der Waals surface area contributed by atoms with Crippen molar-refractivity contribution in [3.8, 4) is 11.3 Å². The van der Waals surface area contributed by atoms with Crippen LogP contribution >= 0.6 is 11.3 Å². The molecule has 0 amide bonds. The fourth-order valence-electron chi connectivity index (χ4n) is 1.52. The summed E-state index contributed by atoms with van der Waals surface area (Å²) in [5.41, 5.74) is 5.44.